The normalized spacial score (nSPS) is 11.0. The fourth-order valence-corrected chi connectivity index (χ4v) is 3.64. The third kappa shape index (κ3) is 5.71. The van der Waals surface area contributed by atoms with Crippen molar-refractivity contribution in [1.29, 1.82) is 0 Å². The Bertz CT molecular complexity index is 963. The van der Waals surface area contributed by atoms with E-state index in [2.05, 4.69) is 10.6 Å². The maximum Gasteiger partial charge on any atom is 0.253 e. The lowest BCUT2D eigenvalue weighted by Crippen LogP contribution is -2.38. The summed E-state index contributed by atoms with van der Waals surface area (Å²) >= 11 is 6.09. The molecule has 0 aliphatic heterocycles. The van der Waals surface area contributed by atoms with Gasteiger partial charge in [-0.05, 0) is 30.7 Å². The van der Waals surface area contributed by atoms with E-state index in [9.17, 15) is 18.0 Å². The zero-order chi connectivity index (χ0) is 20.7. The molecule has 0 saturated carbocycles. The number of amides is 2. The van der Waals surface area contributed by atoms with E-state index in [-0.39, 0.29) is 16.6 Å². The minimum atomic E-state index is -3.76. The number of hydrogen-bond donors (Lipinski definition) is 2. The van der Waals surface area contributed by atoms with Gasteiger partial charge in [-0.1, -0.05) is 42.8 Å². The number of benzene rings is 2. The zero-order valence-electron chi connectivity index (χ0n) is 15.6. The second kappa shape index (κ2) is 9.57. The fourth-order valence-electron chi connectivity index (χ4n) is 2.48. The first kappa shape index (κ1) is 21.7. The van der Waals surface area contributed by atoms with Gasteiger partial charge in [-0.25, -0.2) is 8.42 Å². The lowest BCUT2D eigenvalue weighted by molar-refractivity contribution is -0.114. The third-order valence-corrected chi connectivity index (χ3v) is 5.24. The first-order chi connectivity index (χ1) is 13.2. The molecule has 0 radical (unpaired) electrons. The highest BCUT2D eigenvalue weighted by molar-refractivity contribution is 7.92. The summed E-state index contributed by atoms with van der Waals surface area (Å²) in [5.74, 6) is -0.912. The molecule has 150 valence electrons. The molecule has 0 aromatic heterocycles. The van der Waals surface area contributed by atoms with E-state index in [4.69, 9.17) is 11.6 Å². The quantitative estimate of drug-likeness (QED) is 0.682. The number of hydrogen-bond acceptors (Lipinski definition) is 4. The van der Waals surface area contributed by atoms with Gasteiger partial charge in [0.15, 0.2) is 0 Å². The zero-order valence-corrected chi connectivity index (χ0v) is 17.2. The summed E-state index contributed by atoms with van der Waals surface area (Å²) < 4.78 is 25.3. The van der Waals surface area contributed by atoms with Crippen molar-refractivity contribution in [3.63, 3.8) is 0 Å². The summed E-state index contributed by atoms with van der Waals surface area (Å²) in [4.78, 5) is 24.8. The Kier molecular flexibility index (Phi) is 7.42. The van der Waals surface area contributed by atoms with Crippen LogP contribution in [0.5, 0.6) is 0 Å². The van der Waals surface area contributed by atoms with Crippen molar-refractivity contribution in [2.75, 3.05) is 29.0 Å². The Balaban J connectivity index is 2.23. The van der Waals surface area contributed by atoms with Gasteiger partial charge in [0, 0.05) is 6.54 Å². The highest BCUT2D eigenvalue weighted by Crippen LogP contribution is 2.27. The average molecular weight is 424 g/mol. The summed E-state index contributed by atoms with van der Waals surface area (Å²) in [6.07, 6.45) is 1.77. The predicted molar refractivity (Wildman–Crippen MR) is 111 cm³/mol. The number of nitrogens with zero attached hydrogens (tertiary/aromatic N) is 1. The Morgan fingerprint density at radius 3 is 2.36 bits per heavy atom. The molecule has 0 unspecified atom stereocenters. The number of sulfonamides is 1. The van der Waals surface area contributed by atoms with Crippen LogP contribution < -0.4 is 14.9 Å². The number of para-hydroxylation sites is 2. The lowest BCUT2D eigenvalue weighted by atomic mass is 10.1. The van der Waals surface area contributed by atoms with Crippen molar-refractivity contribution < 1.29 is 18.0 Å². The van der Waals surface area contributed by atoms with Crippen molar-refractivity contribution in [3.8, 4) is 0 Å². The maximum absolute atomic E-state index is 12.6. The summed E-state index contributed by atoms with van der Waals surface area (Å²) in [7, 11) is -3.76. The molecule has 0 heterocycles. The summed E-state index contributed by atoms with van der Waals surface area (Å²) in [5, 5.41) is 5.57. The molecular weight excluding hydrogens is 402 g/mol. The summed E-state index contributed by atoms with van der Waals surface area (Å²) in [5.41, 5.74) is 0.803. The van der Waals surface area contributed by atoms with Crippen LogP contribution in [0.4, 0.5) is 11.4 Å². The molecule has 2 rings (SSSR count). The number of carbonyl (C=O) groups is 2. The van der Waals surface area contributed by atoms with Gasteiger partial charge in [-0.2, -0.15) is 0 Å². The van der Waals surface area contributed by atoms with Crippen LogP contribution in [-0.4, -0.2) is 39.6 Å². The predicted octanol–water partition coefficient (Wildman–Crippen LogP) is 2.88. The third-order valence-electron chi connectivity index (χ3n) is 3.79. The molecule has 0 spiro atoms. The Hall–Kier alpha value is -2.58. The van der Waals surface area contributed by atoms with Gasteiger partial charge in [0.1, 0.15) is 6.54 Å². The van der Waals surface area contributed by atoms with E-state index in [0.29, 0.717) is 17.8 Å². The molecule has 2 aromatic rings. The van der Waals surface area contributed by atoms with Crippen molar-refractivity contribution in [3.05, 3.63) is 59.1 Å². The van der Waals surface area contributed by atoms with Crippen LogP contribution in [0, 0.1) is 0 Å². The van der Waals surface area contributed by atoms with Crippen LogP contribution in [0.3, 0.4) is 0 Å². The first-order valence-corrected chi connectivity index (χ1v) is 10.9. The average Bonchev–Trinajstić information content (AvgIpc) is 2.64. The summed E-state index contributed by atoms with van der Waals surface area (Å²) in [6.45, 7) is 1.96. The number of nitrogens with one attached hydrogen (secondary N) is 2. The Labute approximate surface area is 169 Å². The van der Waals surface area contributed by atoms with Gasteiger partial charge in [0.05, 0.1) is 28.2 Å². The van der Waals surface area contributed by atoms with Gasteiger partial charge in [0.25, 0.3) is 5.91 Å². The van der Waals surface area contributed by atoms with Gasteiger partial charge in [-0.3, -0.25) is 13.9 Å². The molecule has 0 aliphatic rings. The minimum absolute atomic E-state index is 0.204. The highest BCUT2D eigenvalue weighted by atomic mass is 35.5. The molecule has 0 aliphatic carbocycles. The van der Waals surface area contributed by atoms with Gasteiger partial charge < -0.3 is 10.6 Å². The van der Waals surface area contributed by atoms with Crippen LogP contribution >= 0.6 is 11.6 Å². The van der Waals surface area contributed by atoms with Gasteiger partial charge in [-0.15, -0.1) is 0 Å². The Morgan fingerprint density at radius 2 is 1.71 bits per heavy atom. The second-order valence-corrected chi connectivity index (χ2v) is 8.38. The molecule has 0 saturated heterocycles. The van der Waals surface area contributed by atoms with E-state index < -0.39 is 22.5 Å². The Morgan fingerprint density at radius 1 is 1.07 bits per heavy atom. The van der Waals surface area contributed by atoms with E-state index in [1.54, 1.807) is 42.5 Å². The number of rotatable bonds is 8. The molecule has 2 amide bonds. The van der Waals surface area contributed by atoms with Crippen molar-refractivity contribution in [1.82, 2.24) is 5.32 Å². The molecule has 9 heteroatoms. The summed E-state index contributed by atoms with van der Waals surface area (Å²) in [6, 6.07) is 12.9. The molecule has 0 bridgehead atoms. The van der Waals surface area contributed by atoms with E-state index in [0.717, 1.165) is 17.0 Å². The number of halogens is 1. The largest absolute Gasteiger partial charge is 0.352 e. The van der Waals surface area contributed by atoms with E-state index >= 15 is 0 Å². The molecule has 0 atom stereocenters. The SMILES string of the molecule is CCCNC(=O)c1ccccc1NC(=O)CN(c1ccccc1Cl)S(C)(=O)=O. The van der Waals surface area contributed by atoms with Gasteiger partial charge in [0.2, 0.25) is 15.9 Å². The lowest BCUT2D eigenvalue weighted by Gasteiger charge is -2.23. The maximum atomic E-state index is 12.6. The molecular formula is C19H22ClN3O4S. The molecule has 2 aromatic carbocycles. The van der Waals surface area contributed by atoms with Crippen molar-refractivity contribution >= 4 is 44.8 Å². The second-order valence-electron chi connectivity index (χ2n) is 6.07. The first-order valence-electron chi connectivity index (χ1n) is 8.63. The highest BCUT2D eigenvalue weighted by Gasteiger charge is 2.23. The van der Waals surface area contributed by atoms with Crippen LogP contribution in [0.1, 0.15) is 23.7 Å². The standard InChI is InChI=1S/C19H22ClN3O4S/c1-3-12-21-19(25)14-8-4-6-10-16(14)22-18(24)13-23(28(2,26)27)17-11-7-5-9-15(17)20/h4-11H,3,12-13H2,1-2H3,(H,21,25)(H,22,24). The van der Waals surface area contributed by atoms with Crippen LogP contribution in [0.2, 0.25) is 5.02 Å². The fraction of sp³-hybridized carbons (Fsp3) is 0.263. The van der Waals surface area contributed by atoms with Crippen molar-refractivity contribution in [2.24, 2.45) is 0 Å². The van der Waals surface area contributed by atoms with Crippen LogP contribution in [0.15, 0.2) is 48.5 Å². The van der Waals surface area contributed by atoms with E-state index in [1.807, 2.05) is 6.92 Å². The molecule has 7 nitrogen and oxygen atoms in total. The molecule has 28 heavy (non-hydrogen) atoms. The van der Waals surface area contributed by atoms with E-state index in [1.165, 1.54) is 6.07 Å². The van der Waals surface area contributed by atoms with Crippen LogP contribution in [-0.2, 0) is 14.8 Å². The van der Waals surface area contributed by atoms with Gasteiger partial charge >= 0.3 is 0 Å². The smallest absolute Gasteiger partial charge is 0.253 e. The topological polar surface area (TPSA) is 95.6 Å². The monoisotopic (exact) mass is 423 g/mol. The molecule has 2 N–H and O–H groups in total. The van der Waals surface area contributed by atoms with Crippen LogP contribution in [0.25, 0.3) is 0 Å². The minimum Gasteiger partial charge on any atom is -0.352 e. The number of anilines is 2. The number of carbonyl (C=O) groups excluding carboxylic acids is 2. The van der Waals surface area contributed by atoms with Crippen molar-refractivity contribution in [2.45, 2.75) is 13.3 Å². The molecule has 0 fully saturated rings.